The molecule has 1 rings (SSSR count). The molecule has 76 valence electrons. The molecule has 0 unspecified atom stereocenters. The molecule has 1 N–H and O–H groups in total. The standard InChI is InChI=1S/C11H14O3/c1-8(11(12)13)6-9-4-3-5-10(7-9)14-2/h3-5,7-8H,6H2,1-2H3,(H,12,13)/t8-/m1/s1. The number of hydrogen-bond acceptors (Lipinski definition) is 2. The van der Waals surface area contributed by atoms with Gasteiger partial charge < -0.3 is 9.84 Å². The van der Waals surface area contributed by atoms with Crippen molar-refractivity contribution in [3.05, 3.63) is 29.8 Å². The zero-order valence-corrected chi connectivity index (χ0v) is 8.36. The maximum absolute atomic E-state index is 10.6. The van der Waals surface area contributed by atoms with Gasteiger partial charge in [0.25, 0.3) is 0 Å². The van der Waals surface area contributed by atoms with E-state index in [1.165, 1.54) is 0 Å². The normalized spacial score (nSPS) is 12.1. The van der Waals surface area contributed by atoms with Gasteiger partial charge in [0.15, 0.2) is 0 Å². The first-order valence-electron chi connectivity index (χ1n) is 4.49. The highest BCUT2D eigenvalue weighted by atomic mass is 16.5. The monoisotopic (exact) mass is 194 g/mol. The van der Waals surface area contributed by atoms with E-state index < -0.39 is 5.97 Å². The van der Waals surface area contributed by atoms with Gasteiger partial charge in [-0.2, -0.15) is 0 Å². The summed E-state index contributed by atoms with van der Waals surface area (Å²) in [5, 5.41) is 8.74. The molecule has 0 aliphatic carbocycles. The SMILES string of the molecule is COc1cccc(C[C@@H](C)C(=O)O)c1. The maximum Gasteiger partial charge on any atom is 0.306 e. The quantitative estimate of drug-likeness (QED) is 0.797. The molecule has 1 aromatic rings. The summed E-state index contributed by atoms with van der Waals surface area (Å²) in [5.41, 5.74) is 0.985. The van der Waals surface area contributed by atoms with E-state index in [0.717, 1.165) is 11.3 Å². The van der Waals surface area contributed by atoms with Gasteiger partial charge in [0.05, 0.1) is 13.0 Å². The van der Waals surface area contributed by atoms with E-state index in [-0.39, 0.29) is 5.92 Å². The van der Waals surface area contributed by atoms with E-state index in [1.54, 1.807) is 14.0 Å². The number of aliphatic carboxylic acids is 1. The van der Waals surface area contributed by atoms with Crippen molar-refractivity contribution < 1.29 is 14.6 Å². The fraction of sp³-hybridized carbons (Fsp3) is 0.364. The van der Waals surface area contributed by atoms with Crippen molar-refractivity contribution in [2.45, 2.75) is 13.3 Å². The van der Waals surface area contributed by atoms with Crippen molar-refractivity contribution in [2.75, 3.05) is 7.11 Å². The van der Waals surface area contributed by atoms with Gasteiger partial charge >= 0.3 is 5.97 Å². The van der Waals surface area contributed by atoms with E-state index in [4.69, 9.17) is 9.84 Å². The van der Waals surface area contributed by atoms with Gasteiger partial charge in [0.2, 0.25) is 0 Å². The summed E-state index contributed by atoms with van der Waals surface area (Å²) in [7, 11) is 1.60. The Bertz CT molecular complexity index is 320. The Morgan fingerprint density at radius 1 is 1.57 bits per heavy atom. The number of carboxylic acid groups (broad SMARTS) is 1. The molecular weight excluding hydrogens is 180 g/mol. The van der Waals surface area contributed by atoms with Gasteiger partial charge in [-0.05, 0) is 24.1 Å². The predicted octanol–water partition coefficient (Wildman–Crippen LogP) is 1.96. The Labute approximate surface area is 83.3 Å². The second-order valence-electron chi connectivity index (χ2n) is 3.29. The summed E-state index contributed by atoms with van der Waals surface area (Å²) in [5.74, 6) is -0.366. The fourth-order valence-electron chi connectivity index (χ4n) is 1.24. The summed E-state index contributed by atoms with van der Waals surface area (Å²) >= 11 is 0. The first-order chi connectivity index (χ1) is 6.63. The summed E-state index contributed by atoms with van der Waals surface area (Å²) < 4.78 is 5.05. The molecule has 1 aromatic carbocycles. The molecule has 0 bridgehead atoms. The van der Waals surface area contributed by atoms with Crippen LogP contribution in [0, 0.1) is 5.92 Å². The van der Waals surface area contributed by atoms with Crippen molar-refractivity contribution in [2.24, 2.45) is 5.92 Å². The molecule has 0 fully saturated rings. The first-order valence-corrected chi connectivity index (χ1v) is 4.49. The van der Waals surface area contributed by atoms with Gasteiger partial charge in [0.1, 0.15) is 5.75 Å². The second-order valence-corrected chi connectivity index (χ2v) is 3.29. The average molecular weight is 194 g/mol. The zero-order chi connectivity index (χ0) is 10.6. The van der Waals surface area contributed by atoms with E-state index in [1.807, 2.05) is 24.3 Å². The van der Waals surface area contributed by atoms with Crippen LogP contribution in [0.3, 0.4) is 0 Å². The van der Waals surface area contributed by atoms with Crippen molar-refractivity contribution >= 4 is 5.97 Å². The van der Waals surface area contributed by atoms with Gasteiger partial charge in [0, 0.05) is 0 Å². The minimum atomic E-state index is -0.771. The van der Waals surface area contributed by atoms with Gasteiger partial charge in [-0.1, -0.05) is 19.1 Å². The number of carbonyl (C=O) groups is 1. The largest absolute Gasteiger partial charge is 0.497 e. The van der Waals surface area contributed by atoms with E-state index in [2.05, 4.69) is 0 Å². The van der Waals surface area contributed by atoms with Crippen LogP contribution in [0.25, 0.3) is 0 Å². The predicted molar refractivity (Wildman–Crippen MR) is 53.5 cm³/mol. The van der Waals surface area contributed by atoms with Gasteiger partial charge in [-0.15, -0.1) is 0 Å². The number of rotatable bonds is 4. The highest BCUT2D eigenvalue weighted by molar-refractivity contribution is 5.69. The molecule has 0 saturated carbocycles. The van der Waals surface area contributed by atoms with Crippen LogP contribution in [0.1, 0.15) is 12.5 Å². The molecule has 1 atom stereocenters. The van der Waals surface area contributed by atoms with Crippen molar-refractivity contribution in [1.29, 1.82) is 0 Å². The molecule has 14 heavy (non-hydrogen) atoms. The molecule has 3 nitrogen and oxygen atoms in total. The Hall–Kier alpha value is -1.51. The highest BCUT2D eigenvalue weighted by Crippen LogP contribution is 2.15. The Balaban J connectivity index is 2.71. The fourth-order valence-corrected chi connectivity index (χ4v) is 1.24. The van der Waals surface area contributed by atoms with Crippen LogP contribution in [-0.2, 0) is 11.2 Å². The summed E-state index contributed by atoms with van der Waals surface area (Å²) in [6, 6.07) is 7.47. The molecule has 0 aliphatic rings. The van der Waals surface area contributed by atoms with Crippen LogP contribution in [0.4, 0.5) is 0 Å². The third kappa shape index (κ3) is 2.76. The van der Waals surface area contributed by atoms with Crippen LogP contribution < -0.4 is 4.74 Å². The van der Waals surface area contributed by atoms with Crippen molar-refractivity contribution in [1.82, 2.24) is 0 Å². The number of carboxylic acids is 1. The maximum atomic E-state index is 10.6. The minimum Gasteiger partial charge on any atom is -0.497 e. The highest BCUT2D eigenvalue weighted by Gasteiger charge is 2.11. The Kier molecular flexibility index (Phi) is 3.51. The lowest BCUT2D eigenvalue weighted by Gasteiger charge is -2.07. The van der Waals surface area contributed by atoms with Crippen LogP contribution in [0.2, 0.25) is 0 Å². The zero-order valence-electron chi connectivity index (χ0n) is 8.36. The molecule has 0 heterocycles. The molecule has 0 aromatic heterocycles. The molecule has 0 amide bonds. The number of benzene rings is 1. The lowest BCUT2D eigenvalue weighted by Crippen LogP contribution is -2.12. The van der Waals surface area contributed by atoms with E-state index >= 15 is 0 Å². The smallest absolute Gasteiger partial charge is 0.306 e. The topological polar surface area (TPSA) is 46.5 Å². The average Bonchev–Trinajstić information content (AvgIpc) is 2.18. The molecule has 3 heteroatoms. The third-order valence-corrected chi connectivity index (χ3v) is 2.10. The van der Waals surface area contributed by atoms with Gasteiger partial charge in [-0.25, -0.2) is 0 Å². The molecule has 0 aliphatic heterocycles. The summed E-state index contributed by atoms with van der Waals surface area (Å²) in [6.45, 7) is 1.70. The Morgan fingerprint density at radius 3 is 2.86 bits per heavy atom. The van der Waals surface area contributed by atoms with Crippen molar-refractivity contribution in [3.63, 3.8) is 0 Å². The minimum absolute atomic E-state index is 0.359. The number of hydrogen-bond donors (Lipinski definition) is 1. The lowest BCUT2D eigenvalue weighted by molar-refractivity contribution is -0.141. The van der Waals surface area contributed by atoms with Crippen LogP contribution in [0.15, 0.2) is 24.3 Å². The lowest BCUT2D eigenvalue weighted by atomic mass is 10.0. The summed E-state index contributed by atoms with van der Waals surface area (Å²) in [6.07, 6.45) is 0.534. The van der Waals surface area contributed by atoms with Crippen molar-refractivity contribution in [3.8, 4) is 5.75 Å². The summed E-state index contributed by atoms with van der Waals surface area (Å²) in [4.78, 5) is 10.6. The first kappa shape index (κ1) is 10.6. The van der Waals surface area contributed by atoms with Gasteiger partial charge in [-0.3, -0.25) is 4.79 Å². The van der Waals surface area contributed by atoms with Crippen LogP contribution in [0.5, 0.6) is 5.75 Å². The third-order valence-electron chi connectivity index (χ3n) is 2.10. The van der Waals surface area contributed by atoms with Crippen LogP contribution in [-0.4, -0.2) is 18.2 Å². The van der Waals surface area contributed by atoms with E-state index in [9.17, 15) is 4.79 Å². The molecule has 0 spiro atoms. The second kappa shape index (κ2) is 4.65. The molecular formula is C11H14O3. The van der Waals surface area contributed by atoms with Crippen LogP contribution >= 0.6 is 0 Å². The Morgan fingerprint density at radius 2 is 2.29 bits per heavy atom. The van der Waals surface area contributed by atoms with E-state index in [0.29, 0.717) is 6.42 Å². The number of methoxy groups -OCH3 is 1. The molecule has 0 radical (unpaired) electrons. The molecule has 0 saturated heterocycles. The number of ether oxygens (including phenoxy) is 1.